The van der Waals surface area contributed by atoms with Gasteiger partial charge in [0.05, 0.1) is 38.1 Å². The Morgan fingerprint density at radius 1 is 1.15 bits per heavy atom. The van der Waals surface area contributed by atoms with Crippen molar-refractivity contribution in [2.75, 3.05) is 24.7 Å². The molecule has 0 saturated carbocycles. The van der Waals surface area contributed by atoms with Crippen LogP contribution in [-0.2, 0) is 30.3 Å². The van der Waals surface area contributed by atoms with Gasteiger partial charge < -0.3 is 40.6 Å². The fraction of sp³-hybridized carbons (Fsp3) is 0.524. The number of anilines is 2. The molecule has 6 unspecified atom stereocenters. The van der Waals surface area contributed by atoms with Crippen molar-refractivity contribution in [1.82, 2.24) is 39.0 Å². The predicted octanol–water partition coefficient (Wildman–Crippen LogP) is -1.08. The zero-order valence-corrected chi connectivity index (χ0v) is 23.1. The van der Waals surface area contributed by atoms with Gasteiger partial charge in [0.15, 0.2) is 28.9 Å². The number of hydrogen-bond donors (Lipinski definition) is 6. The van der Waals surface area contributed by atoms with Crippen LogP contribution >= 0.6 is 6.72 Å². The SMILES string of the molecule is CC1CO[C@@H]2C[C@H](n3cnc4c(N)ncnc43)OC2COP(O)(=S)OC(C(O)n2cnc3c(=O)[nH]c(N)nc32)C1O. The second kappa shape index (κ2) is 10.6. The molecule has 2 saturated heterocycles. The van der Waals surface area contributed by atoms with Gasteiger partial charge in [-0.15, -0.1) is 0 Å². The molecule has 18 nitrogen and oxygen atoms in total. The third kappa shape index (κ3) is 5.20. The standard InChI is InChI=1S/C21H27N10O8PS/c1-8-3-36-9-2-11(30-6-26-12-16(22)24-5-25-17(12)30)38-10(9)4-37-40(35,41)39-15(14(8)32)20(34)31-7-27-13-18(31)28-21(23)29-19(13)33/h5-11,14-15,20,32,34H,2-4H2,1H3,(H,35,41)(H2,22,24,25)(H3,23,28,29,33)/t8?,9-,10?,11-,14?,15?,20?,40?/m1/s1. The van der Waals surface area contributed by atoms with Gasteiger partial charge in [0.1, 0.15) is 30.3 Å². The fourth-order valence-corrected chi connectivity index (χ4v) is 6.33. The first-order valence-electron chi connectivity index (χ1n) is 12.5. The Morgan fingerprint density at radius 2 is 1.93 bits per heavy atom. The third-order valence-electron chi connectivity index (χ3n) is 7.06. The predicted molar refractivity (Wildman–Crippen MR) is 144 cm³/mol. The lowest BCUT2D eigenvalue weighted by atomic mass is 9.99. The first kappa shape index (κ1) is 28.0. The maximum absolute atomic E-state index is 12.2. The van der Waals surface area contributed by atoms with Crippen molar-refractivity contribution in [3.8, 4) is 0 Å². The number of rotatable bonds is 3. The van der Waals surface area contributed by atoms with Crippen molar-refractivity contribution < 1.29 is 33.6 Å². The number of nitrogens with two attached hydrogens (primary N) is 2. The Kier molecular flexibility index (Phi) is 7.25. The van der Waals surface area contributed by atoms with E-state index in [1.165, 1.54) is 12.7 Å². The Morgan fingerprint density at radius 3 is 2.73 bits per heavy atom. The molecule has 6 rings (SSSR count). The summed E-state index contributed by atoms with van der Waals surface area (Å²) in [4.78, 5) is 45.9. The van der Waals surface area contributed by atoms with Gasteiger partial charge >= 0.3 is 6.72 Å². The molecule has 2 aliphatic heterocycles. The van der Waals surface area contributed by atoms with Crippen LogP contribution in [-0.4, -0.2) is 91.8 Å². The zero-order chi connectivity index (χ0) is 29.1. The summed E-state index contributed by atoms with van der Waals surface area (Å²) < 4.78 is 26.4. The van der Waals surface area contributed by atoms with Crippen LogP contribution in [0.15, 0.2) is 23.8 Å². The fourth-order valence-electron chi connectivity index (χ4n) is 4.92. The minimum atomic E-state index is -4.08. The molecular formula is C21H27N10O8PS. The summed E-state index contributed by atoms with van der Waals surface area (Å²) in [7, 11) is 0. The summed E-state index contributed by atoms with van der Waals surface area (Å²) in [5, 5.41) is 22.5. The Bertz CT molecular complexity index is 1700. The Hall–Kier alpha value is -3.13. The number of hydrogen-bond acceptors (Lipinski definition) is 15. The molecule has 4 aromatic heterocycles. The highest BCUT2D eigenvalue weighted by atomic mass is 32.5. The lowest BCUT2D eigenvalue weighted by Crippen LogP contribution is -2.42. The largest absolute Gasteiger partial charge is 0.390 e. The third-order valence-corrected chi connectivity index (χ3v) is 8.62. The van der Waals surface area contributed by atoms with E-state index in [0.29, 0.717) is 17.6 Å². The number of nitrogens with one attached hydrogen (secondary N) is 1. The van der Waals surface area contributed by atoms with E-state index in [-0.39, 0.29) is 36.1 Å². The summed E-state index contributed by atoms with van der Waals surface area (Å²) in [6.45, 7) is -2.60. The van der Waals surface area contributed by atoms with E-state index in [1.807, 2.05) is 0 Å². The first-order valence-corrected chi connectivity index (χ1v) is 15.1. The first-order chi connectivity index (χ1) is 19.5. The molecule has 220 valence electrons. The van der Waals surface area contributed by atoms with Gasteiger partial charge in [0.25, 0.3) is 5.56 Å². The van der Waals surface area contributed by atoms with Crippen LogP contribution in [0.25, 0.3) is 22.3 Å². The molecule has 0 bridgehead atoms. The molecule has 8 N–H and O–H groups in total. The molecule has 0 radical (unpaired) electrons. The van der Waals surface area contributed by atoms with Gasteiger partial charge in [-0.2, -0.15) is 4.98 Å². The summed E-state index contributed by atoms with van der Waals surface area (Å²) in [6.07, 6.45) is -2.06. The summed E-state index contributed by atoms with van der Waals surface area (Å²) in [5.41, 5.74) is 11.7. The van der Waals surface area contributed by atoms with Crippen molar-refractivity contribution in [2.24, 2.45) is 5.92 Å². The smallest absolute Gasteiger partial charge is 0.325 e. The van der Waals surface area contributed by atoms with E-state index in [4.69, 9.17) is 41.8 Å². The number of nitrogen functional groups attached to an aromatic ring is 2. The molecule has 2 fully saturated rings. The van der Waals surface area contributed by atoms with E-state index >= 15 is 0 Å². The highest BCUT2D eigenvalue weighted by Gasteiger charge is 2.43. The minimum Gasteiger partial charge on any atom is -0.390 e. The van der Waals surface area contributed by atoms with E-state index < -0.39 is 55.1 Å². The number of aromatic nitrogens is 8. The van der Waals surface area contributed by atoms with Crippen molar-refractivity contribution in [3.63, 3.8) is 0 Å². The van der Waals surface area contributed by atoms with Crippen LogP contribution in [0, 0.1) is 5.92 Å². The number of fused-ring (bicyclic) bond motifs is 3. The van der Waals surface area contributed by atoms with Gasteiger partial charge in [-0.05, 0) is 11.8 Å². The topological polar surface area (TPSA) is 257 Å². The molecule has 0 aliphatic carbocycles. The number of nitrogens with zero attached hydrogens (tertiary/aromatic N) is 7. The summed E-state index contributed by atoms with van der Waals surface area (Å²) >= 11 is 5.23. The quantitative estimate of drug-likeness (QED) is 0.151. The second-order valence-electron chi connectivity index (χ2n) is 9.81. The number of aliphatic hydroxyl groups excluding tert-OH is 2. The number of aliphatic hydroxyl groups is 2. The molecule has 41 heavy (non-hydrogen) atoms. The molecule has 0 amide bonds. The van der Waals surface area contributed by atoms with Crippen molar-refractivity contribution >= 4 is 52.6 Å². The maximum Gasteiger partial charge on any atom is 0.325 e. The van der Waals surface area contributed by atoms with Crippen LogP contribution in [0.3, 0.4) is 0 Å². The van der Waals surface area contributed by atoms with Gasteiger partial charge in [0, 0.05) is 12.3 Å². The lowest BCUT2D eigenvalue weighted by molar-refractivity contribution is -0.108. The van der Waals surface area contributed by atoms with Crippen LogP contribution < -0.4 is 17.0 Å². The lowest BCUT2D eigenvalue weighted by Gasteiger charge is -2.33. The number of H-pyrrole nitrogens is 1. The normalized spacial score (nSPS) is 32.1. The van der Waals surface area contributed by atoms with Crippen LogP contribution in [0.1, 0.15) is 25.8 Å². The number of imidazole rings is 2. The highest BCUT2D eigenvalue weighted by molar-refractivity contribution is 8.07. The molecule has 4 aromatic rings. The maximum atomic E-state index is 12.2. The molecule has 2 aliphatic rings. The highest BCUT2D eigenvalue weighted by Crippen LogP contribution is 2.49. The average Bonchev–Trinajstić information content (AvgIpc) is 3.65. The summed E-state index contributed by atoms with van der Waals surface area (Å²) in [5.74, 6) is -0.614. The zero-order valence-electron chi connectivity index (χ0n) is 21.4. The molecule has 6 heterocycles. The summed E-state index contributed by atoms with van der Waals surface area (Å²) in [6, 6.07) is 0. The van der Waals surface area contributed by atoms with Gasteiger partial charge in [-0.3, -0.25) is 23.4 Å². The van der Waals surface area contributed by atoms with Crippen LogP contribution in [0.4, 0.5) is 11.8 Å². The van der Waals surface area contributed by atoms with Crippen molar-refractivity contribution in [1.29, 1.82) is 0 Å². The van der Waals surface area contributed by atoms with Crippen LogP contribution in [0.2, 0.25) is 0 Å². The van der Waals surface area contributed by atoms with E-state index in [2.05, 4.69) is 29.9 Å². The number of aromatic amines is 1. The van der Waals surface area contributed by atoms with Gasteiger partial charge in [0.2, 0.25) is 5.95 Å². The second-order valence-corrected chi connectivity index (χ2v) is 12.6. The monoisotopic (exact) mass is 610 g/mol. The molecule has 8 atom stereocenters. The molecule has 0 spiro atoms. The molecule has 20 heteroatoms. The van der Waals surface area contributed by atoms with Gasteiger partial charge in [-0.1, -0.05) is 6.92 Å². The average molecular weight is 611 g/mol. The molecular weight excluding hydrogens is 583 g/mol. The van der Waals surface area contributed by atoms with E-state index in [9.17, 15) is 19.9 Å². The van der Waals surface area contributed by atoms with Crippen LogP contribution in [0.5, 0.6) is 0 Å². The number of ether oxygens (including phenoxy) is 2. The van der Waals surface area contributed by atoms with E-state index in [0.717, 1.165) is 10.9 Å². The Labute approximate surface area is 235 Å². The molecule has 0 aromatic carbocycles. The van der Waals surface area contributed by atoms with Crippen molar-refractivity contribution in [3.05, 3.63) is 29.3 Å². The van der Waals surface area contributed by atoms with E-state index in [1.54, 1.807) is 11.5 Å². The van der Waals surface area contributed by atoms with Crippen molar-refractivity contribution in [2.45, 2.75) is 50.2 Å². The minimum absolute atomic E-state index is 0.0225. The van der Waals surface area contributed by atoms with Gasteiger partial charge in [-0.25, -0.2) is 19.9 Å². The Balaban J connectivity index is 1.25.